The first-order chi connectivity index (χ1) is 17.1. The molecule has 0 radical (unpaired) electrons. The highest BCUT2D eigenvalue weighted by molar-refractivity contribution is 5.67. The van der Waals surface area contributed by atoms with Crippen LogP contribution in [0.15, 0.2) is 18.7 Å². The van der Waals surface area contributed by atoms with E-state index < -0.39 is 5.97 Å². The molecule has 0 amide bonds. The number of hydrogen-bond acceptors (Lipinski definition) is 2. The molecule has 0 saturated heterocycles. The minimum absolute atomic E-state index is 0.222. The molecule has 35 heavy (non-hydrogen) atoms. The summed E-state index contributed by atoms with van der Waals surface area (Å²) in [5.74, 6) is -1.11. The number of carbonyl (C=O) groups excluding carboxylic acids is 1. The quantitative estimate of drug-likeness (QED) is 0.115. The third-order valence-corrected chi connectivity index (χ3v) is 7.02. The van der Waals surface area contributed by atoms with Gasteiger partial charge in [0.15, 0.2) is 0 Å². The Balaban J connectivity index is 0.000000972. The fraction of sp³-hybridized carbons (Fsp3) is 0.871. The normalized spacial score (nSPS) is 11.8. The van der Waals surface area contributed by atoms with Gasteiger partial charge in [-0.1, -0.05) is 118 Å². The maximum atomic E-state index is 10.3. The number of imidazole rings is 1. The van der Waals surface area contributed by atoms with Crippen molar-refractivity contribution in [3.05, 3.63) is 18.7 Å². The molecule has 0 aliphatic rings. The zero-order chi connectivity index (χ0) is 26.0. The molecule has 1 heterocycles. The second kappa shape index (κ2) is 25.8. The predicted octanol–water partition coefficient (Wildman–Crippen LogP) is 8.01. The molecule has 0 fully saturated rings. The lowest BCUT2D eigenvalue weighted by Crippen LogP contribution is -2.30. The molecule has 1 rings (SSSR count). The summed E-state index contributed by atoms with van der Waals surface area (Å²) >= 11 is 0. The van der Waals surface area contributed by atoms with E-state index in [1.54, 1.807) is 0 Å². The highest BCUT2D eigenvalue weighted by Crippen LogP contribution is 2.11. The molecule has 0 spiro atoms. The van der Waals surface area contributed by atoms with Crippen molar-refractivity contribution in [2.24, 2.45) is 5.92 Å². The van der Waals surface area contributed by atoms with Gasteiger partial charge in [0.25, 0.3) is 0 Å². The Kier molecular flexibility index (Phi) is 24.8. The van der Waals surface area contributed by atoms with Crippen LogP contribution >= 0.6 is 0 Å². The second-order valence-corrected chi connectivity index (χ2v) is 10.4. The molecule has 0 N–H and O–H groups in total. The molecular formula is C31H60N2O2. The van der Waals surface area contributed by atoms with Gasteiger partial charge < -0.3 is 9.90 Å². The van der Waals surface area contributed by atoms with E-state index in [9.17, 15) is 9.90 Å². The summed E-state index contributed by atoms with van der Waals surface area (Å²) in [4.78, 5) is 10.3. The van der Waals surface area contributed by atoms with Crippen molar-refractivity contribution in [3.63, 3.8) is 0 Å². The average molecular weight is 493 g/mol. The van der Waals surface area contributed by atoms with E-state index in [1.165, 1.54) is 116 Å². The lowest BCUT2D eigenvalue weighted by atomic mass is 10.00. The number of aryl methyl sites for hydroxylation is 2. The third-order valence-electron chi connectivity index (χ3n) is 7.02. The van der Waals surface area contributed by atoms with Gasteiger partial charge in [-0.3, -0.25) is 0 Å². The van der Waals surface area contributed by atoms with Crippen LogP contribution < -0.4 is 9.67 Å². The number of hydrogen-bond donors (Lipinski definition) is 0. The number of carboxylic acids is 1. The zero-order valence-corrected chi connectivity index (χ0v) is 24.1. The molecule has 4 nitrogen and oxygen atoms in total. The summed E-state index contributed by atoms with van der Waals surface area (Å²) in [5, 5.41) is 10.3. The number of rotatable bonds is 23. The van der Waals surface area contributed by atoms with E-state index in [-0.39, 0.29) is 5.92 Å². The summed E-state index contributed by atoms with van der Waals surface area (Å²) in [6, 6.07) is 0. The minimum atomic E-state index is -0.893. The van der Waals surface area contributed by atoms with E-state index in [0.717, 1.165) is 19.3 Å². The lowest BCUT2D eigenvalue weighted by molar-refractivity contribution is -0.696. The standard InChI is InChI=1S/C23H45N2.C8H16O2/c1-3-5-7-9-11-12-13-14-16-18-20-25-22-21-24(23-25)19-17-15-10-8-6-4-2;1-3-5-6-7(4-2)8(9)10/h21-23H,3-20H2,1-2H3;7H,3-6H2,1-2H3,(H,9,10)/q+1;/p-1. The van der Waals surface area contributed by atoms with Gasteiger partial charge in [-0.25, -0.2) is 9.13 Å². The number of carboxylic acid groups (broad SMARTS) is 1. The fourth-order valence-electron chi connectivity index (χ4n) is 4.50. The summed E-state index contributed by atoms with van der Waals surface area (Å²) in [6.45, 7) is 10.9. The number of aromatic nitrogens is 2. The first kappa shape index (κ1) is 33.7. The highest BCUT2D eigenvalue weighted by Gasteiger charge is 2.05. The Labute approximate surface area is 218 Å². The van der Waals surface area contributed by atoms with Crippen molar-refractivity contribution in [1.82, 2.24) is 4.57 Å². The molecule has 0 aliphatic heterocycles. The molecule has 0 aromatic carbocycles. The van der Waals surface area contributed by atoms with Crippen LogP contribution in [0.3, 0.4) is 0 Å². The number of nitrogens with zero attached hydrogens (tertiary/aromatic N) is 2. The Morgan fingerprint density at radius 1 is 0.714 bits per heavy atom. The first-order valence-corrected chi connectivity index (χ1v) is 15.3. The van der Waals surface area contributed by atoms with Crippen molar-refractivity contribution in [3.8, 4) is 0 Å². The van der Waals surface area contributed by atoms with Gasteiger partial charge in [-0.15, -0.1) is 0 Å². The van der Waals surface area contributed by atoms with Gasteiger partial charge in [0.1, 0.15) is 12.4 Å². The van der Waals surface area contributed by atoms with Crippen molar-refractivity contribution in [2.75, 3.05) is 0 Å². The summed E-state index contributed by atoms with van der Waals surface area (Å²) in [5.41, 5.74) is 0. The summed E-state index contributed by atoms with van der Waals surface area (Å²) < 4.78 is 4.75. The van der Waals surface area contributed by atoms with Crippen molar-refractivity contribution >= 4 is 5.97 Å². The van der Waals surface area contributed by atoms with Crippen LogP contribution in [0.4, 0.5) is 0 Å². The molecular weight excluding hydrogens is 432 g/mol. The largest absolute Gasteiger partial charge is 0.550 e. The molecule has 1 aromatic heterocycles. The zero-order valence-electron chi connectivity index (χ0n) is 24.1. The van der Waals surface area contributed by atoms with Crippen molar-refractivity contribution in [1.29, 1.82) is 0 Å². The van der Waals surface area contributed by atoms with E-state index >= 15 is 0 Å². The predicted molar refractivity (Wildman–Crippen MR) is 148 cm³/mol. The number of carbonyl (C=O) groups is 1. The summed E-state index contributed by atoms with van der Waals surface area (Å²) in [6.07, 6.45) is 32.8. The average Bonchev–Trinajstić information content (AvgIpc) is 3.31. The van der Waals surface area contributed by atoms with Crippen LogP contribution in [0.1, 0.15) is 156 Å². The van der Waals surface area contributed by atoms with Crippen LogP contribution in [0, 0.1) is 5.92 Å². The molecule has 0 bridgehead atoms. The van der Waals surface area contributed by atoms with Gasteiger partial charge in [-0.05, 0) is 44.4 Å². The highest BCUT2D eigenvalue weighted by atomic mass is 16.4. The molecule has 1 aromatic rings. The maximum Gasteiger partial charge on any atom is 0.243 e. The van der Waals surface area contributed by atoms with Crippen LogP contribution in [-0.4, -0.2) is 10.5 Å². The molecule has 206 valence electrons. The Bertz CT molecular complexity index is 570. The first-order valence-electron chi connectivity index (χ1n) is 15.3. The minimum Gasteiger partial charge on any atom is -0.550 e. The second-order valence-electron chi connectivity index (χ2n) is 10.4. The number of aliphatic carboxylic acids is 1. The van der Waals surface area contributed by atoms with Crippen LogP contribution in [-0.2, 0) is 17.9 Å². The Morgan fingerprint density at radius 2 is 1.20 bits per heavy atom. The van der Waals surface area contributed by atoms with Crippen LogP contribution in [0.5, 0.6) is 0 Å². The molecule has 4 heteroatoms. The van der Waals surface area contributed by atoms with Gasteiger partial charge in [0, 0.05) is 5.97 Å². The fourth-order valence-corrected chi connectivity index (χ4v) is 4.50. The van der Waals surface area contributed by atoms with Crippen LogP contribution in [0.2, 0.25) is 0 Å². The number of unbranched alkanes of at least 4 members (excludes halogenated alkanes) is 15. The van der Waals surface area contributed by atoms with Crippen molar-refractivity contribution in [2.45, 2.75) is 169 Å². The molecule has 1 unspecified atom stereocenters. The van der Waals surface area contributed by atoms with Gasteiger partial charge in [0.05, 0.1) is 13.1 Å². The van der Waals surface area contributed by atoms with E-state index in [4.69, 9.17) is 0 Å². The Morgan fingerprint density at radius 3 is 1.69 bits per heavy atom. The molecule has 0 saturated carbocycles. The van der Waals surface area contributed by atoms with E-state index in [0.29, 0.717) is 6.42 Å². The van der Waals surface area contributed by atoms with Gasteiger partial charge in [-0.2, -0.15) is 0 Å². The smallest absolute Gasteiger partial charge is 0.243 e. The van der Waals surface area contributed by atoms with Crippen molar-refractivity contribution < 1.29 is 14.5 Å². The summed E-state index contributed by atoms with van der Waals surface area (Å²) in [7, 11) is 0. The van der Waals surface area contributed by atoms with Gasteiger partial charge >= 0.3 is 0 Å². The third kappa shape index (κ3) is 21.7. The molecule has 0 aliphatic carbocycles. The van der Waals surface area contributed by atoms with Crippen LogP contribution in [0.25, 0.3) is 0 Å². The van der Waals surface area contributed by atoms with E-state index in [1.807, 2.05) is 6.92 Å². The Hall–Kier alpha value is -1.32. The lowest BCUT2D eigenvalue weighted by Gasteiger charge is -2.14. The topological polar surface area (TPSA) is 48.9 Å². The monoisotopic (exact) mass is 492 g/mol. The van der Waals surface area contributed by atoms with Gasteiger partial charge in [0.2, 0.25) is 6.33 Å². The van der Waals surface area contributed by atoms with E-state index in [2.05, 4.69) is 48.6 Å². The SMILES string of the molecule is CCCCC(CC)C(=O)[O-].CCCCCCCCCCCC[n+]1ccn(CCCCCCCC)c1. The maximum absolute atomic E-state index is 10.3. The molecule has 1 atom stereocenters.